The number of carbonyl (C=O) groups excluding carboxylic acids is 1. The van der Waals surface area contributed by atoms with Crippen LogP contribution < -0.4 is 5.32 Å². The Balaban J connectivity index is 0.00000264. The summed E-state index contributed by atoms with van der Waals surface area (Å²) in [5, 5.41) is 3.88. The molecule has 0 heterocycles. The fourth-order valence-corrected chi connectivity index (χ4v) is 2.45. The van der Waals surface area contributed by atoms with Crippen molar-refractivity contribution in [1.82, 2.24) is 10.2 Å². The molecule has 4 nitrogen and oxygen atoms in total. The van der Waals surface area contributed by atoms with Crippen molar-refractivity contribution in [2.75, 3.05) is 39.9 Å². The Labute approximate surface area is 149 Å². The number of halogens is 2. The predicted octanol–water partition coefficient (Wildman–Crippen LogP) is 2.78. The molecule has 130 valence electrons. The molecule has 0 saturated heterocycles. The molecule has 0 bridgehead atoms. The maximum absolute atomic E-state index is 12.3. The molecule has 1 aliphatic carbocycles. The van der Waals surface area contributed by atoms with E-state index in [0.29, 0.717) is 25.6 Å². The van der Waals surface area contributed by atoms with Crippen LogP contribution in [-0.2, 0) is 16.0 Å². The van der Waals surface area contributed by atoms with E-state index in [9.17, 15) is 4.79 Å². The van der Waals surface area contributed by atoms with Crippen LogP contribution in [-0.4, -0.2) is 50.7 Å². The highest BCUT2D eigenvalue weighted by Gasteiger charge is 2.26. The summed E-state index contributed by atoms with van der Waals surface area (Å²) in [7, 11) is 1.66. The highest BCUT2D eigenvalue weighted by atomic mass is 35.5. The van der Waals surface area contributed by atoms with Gasteiger partial charge in [0.25, 0.3) is 0 Å². The standard InChI is InChI=1S/C17H25ClN2O2.ClH/c1-22-11-9-19-12-17(21)20(13-15-2-3-15)10-8-14-4-6-16(18)7-5-14;/h4-7,15,19H,2-3,8-13H2,1H3;1H. The number of methoxy groups -OCH3 is 1. The molecule has 0 unspecified atom stereocenters. The molecule has 0 spiro atoms. The Morgan fingerprint density at radius 1 is 1.35 bits per heavy atom. The number of ether oxygens (including phenoxy) is 1. The molecule has 1 aromatic carbocycles. The van der Waals surface area contributed by atoms with Crippen LogP contribution in [0.25, 0.3) is 0 Å². The molecule has 6 heteroatoms. The molecule has 1 amide bonds. The van der Waals surface area contributed by atoms with Crippen molar-refractivity contribution in [3.05, 3.63) is 34.9 Å². The summed E-state index contributed by atoms with van der Waals surface area (Å²) in [6.07, 6.45) is 3.37. The second-order valence-electron chi connectivity index (χ2n) is 5.83. The fourth-order valence-electron chi connectivity index (χ4n) is 2.33. The number of benzene rings is 1. The summed E-state index contributed by atoms with van der Waals surface area (Å²) in [4.78, 5) is 14.3. The number of hydrogen-bond acceptors (Lipinski definition) is 3. The molecule has 1 aliphatic rings. The maximum atomic E-state index is 12.3. The monoisotopic (exact) mass is 360 g/mol. The molecule has 1 fully saturated rings. The highest BCUT2D eigenvalue weighted by Crippen LogP contribution is 2.29. The summed E-state index contributed by atoms with van der Waals surface area (Å²) in [5.74, 6) is 0.880. The van der Waals surface area contributed by atoms with Gasteiger partial charge < -0.3 is 15.0 Å². The van der Waals surface area contributed by atoms with E-state index in [0.717, 1.165) is 24.5 Å². The van der Waals surface area contributed by atoms with Crippen molar-refractivity contribution >= 4 is 29.9 Å². The first kappa shape index (κ1) is 20.2. The van der Waals surface area contributed by atoms with Crippen LogP contribution in [0.5, 0.6) is 0 Å². The number of hydrogen-bond donors (Lipinski definition) is 1. The first-order valence-corrected chi connectivity index (χ1v) is 8.28. The zero-order valence-electron chi connectivity index (χ0n) is 13.6. The van der Waals surface area contributed by atoms with Crippen LogP contribution in [0.3, 0.4) is 0 Å². The summed E-state index contributed by atoms with van der Waals surface area (Å²) < 4.78 is 4.98. The highest BCUT2D eigenvalue weighted by molar-refractivity contribution is 6.30. The third-order valence-corrected chi connectivity index (χ3v) is 4.12. The van der Waals surface area contributed by atoms with Crippen molar-refractivity contribution in [2.24, 2.45) is 5.92 Å². The van der Waals surface area contributed by atoms with Gasteiger partial charge in [-0.25, -0.2) is 0 Å². The van der Waals surface area contributed by atoms with Gasteiger partial charge in [0.2, 0.25) is 5.91 Å². The van der Waals surface area contributed by atoms with E-state index in [-0.39, 0.29) is 18.3 Å². The number of nitrogens with one attached hydrogen (secondary N) is 1. The zero-order valence-corrected chi connectivity index (χ0v) is 15.2. The molecule has 1 N–H and O–H groups in total. The smallest absolute Gasteiger partial charge is 0.236 e. The summed E-state index contributed by atoms with van der Waals surface area (Å²) >= 11 is 5.90. The van der Waals surface area contributed by atoms with E-state index in [1.54, 1.807) is 7.11 Å². The predicted molar refractivity (Wildman–Crippen MR) is 96.5 cm³/mol. The first-order chi connectivity index (χ1) is 10.7. The third kappa shape index (κ3) is 8.02. The largest absolute Gasteiger partial charge is 0.383 e. The van der Waals surface area contributed by atoms with Crippen molar-refractivity contribution < 1.29 is 9.53 Å². The Morgan fingerprint density at radius 2 is 2.04 bits per heavy atom. The molecule has 0 aromatic heterocycles. The van der Waals surface area contributed by atoms with Gasteiger partial charge in [0.05, 0.1) is 13.2 Å². The molecule has 0 radical (unpaired) electrons. The number of amides is 1. The van der Waals surface area contributed by atoms with E-state index < -0.39 is 0 Å². The van der Waals surface area contributed by atoms with Crippen LogP contribution in [0.15, 0.2) is 24.3 Å². The normalized spacial score (nSPS) is 13.5. The summed E-state index contributed by atoms with van der Waals surface area (Å²) in [6, 6.07) is 7.85. The van der Waals surface area contributed by atoms with E-state index in [2.05, 4.69) is 5.32 Å². The number of rotatable bonds is 10. The van der Waals surface area contributed by atoms with Gasteiger partial charge in [-0.05, 0) is 42.9 Å². The number of carbonyl (C=O) groups is 1. The van der Waals surface area contributed by atoms with E-state index in [4.69, 9.17) is 16.3 Å². The van der Waals surface area contributed by atoms with E-state index in [1.807, 2.05) is 29.2 Å². The van der Waals surface area contributed by atoms with Gasteiger partial charge in [0.1, 0.15) is 0 Å². The Bertz CT molecular complexity index is 464. The summed E-state index contributed by atoms with van der Waals surface area (Å²) in [6.45, 7) is 3.37. The molecular formula is C17H26Cl2N2O2. The van der Waals surface area contributed by atoms with Crippen LogP contribution in [0, 0.1) is 5.92 Å². The Hall–Kier alpha value is -0.810. The average Bonchev–Trinajstić information content (AvgIpc) is 3.33. The molecule has 1 saturated carbocycles. The van der Waals surface area contributed by atoms with Crippen LogP contribution in [0.4, 0.5) is 0 Å². The third-order valence-electron chi connectivity index (χ3n) is 3.87. The minimum absolute atomic E-state index is 0. The number of nitrogens with zero attached hydrogens (tertiary/aromatic N) is 1. The second kappa shape index (κ2) is 10.9. The lowest BCUT2D eigenvalue weighted by molar-refractivity contribution is -0.130. The minimum Gasteiger partial charge on any atom is -0.383 e. The van der Waals surface area contributed by atoms with Gasteiger partial charge in [-0.15, -0.1) is 12.4 Å². The SMILES string of the molecule is COCCNCC(=O)N(CCc1ccc(Cl)cc1)CC1CC1.Cl. The van der Waals surface area contributed by atoms with Crippen molar-refractivity contribution in [3.63, 3.8) is 0 Å². The van der Waals surface area contributed by atoms with Gasteiger partial charge in [-0.3, -0.25) is 4.79 Å². The molecule has 23 heavy (non-hydrogen) atoms. The molecule has 1 aromatic rings. The fraction of sp³-hybridized carbons (Fsp3) is 0.588. The van der Waals surface area contributed by atoms with Crippen molar-refractivity contribution in [1.29, 1.82) is 0 Å². The maximum Gasteiger partial charge on any atom is 0.236 e. The topological polar surface area (TPSA) is 41.6 Å². The first-order valence-electron chi connectivity index (χ1n) is 7.91. The lowest BCUT2D eigenvalue weighted by Crippen LogP contribution is -2.41. The molecule has 2 rings (SSSR count). The van der Waals surface area contributed by atoms with Crippen LogP contribution in [0.2, 0.25) is 5.02 Å². The molecule has 0 aliphatic heterocycles. The summed E-state index contributed by atoms with van der Waals surface area (Å²) in [5.41, 5.74) is 1.21. The minimum atomic E-state index is 0. The van der Waals surface area contributed by atoms with Gasteiger partial charge >= 0.3 is 0 Å². The van der Waals surface area contributed by atoms with Gasteiger partial charge in [0.15, 0.2) is 0 Å². The van der Waals surface area contributed by atoms with Crippen molar-refractivity contribution in [2.45, 2.75) is 19.3 Å². The van der Waals surface area contributed by atoms with E-state index in [1.165, 1.54) is 18.4 Å². The van der Waals surface area contributed by atoms with Crippen molar-refractivity contribution in [3.8, 4) is 0 Å². The quantitative estimate of drug-likeness (QED) is 0.652. The second-order valence-corrected chi connectivity index (χ2v) is 6.27. The van der Waals surface area contributed by atoms with E-state index >= 15 is 0 Å². The lowest BCUT2D eigenvalue weighted by Gasteiger charge is -2.23. The molecular weight excluding hydrogens is 335 g/mol. The van der Waals surface area contributed by atoms with Gasteiger partial charge in [0, 0.05) is 31.8 Å². The Kier molecular flexibility index (Phi) is 9.56. The van der Waals surface area contributed by atoms with Crippen LogP contribution in [0.1, 0.15) is 18.4 Å². The average molecular weight is 361 g/mol. The lowest BCUT2D eigenvalue weighted by atomic mass is 10.1. The van der Waals surface area contributed by atoms with Crippen LogP contribution >= 0.6 is 24.0 Å². The Morgan fingerprint density at radius 3 is 2.65 bits per heavy atom. The zero-order chi connectivity index (χ0) is 15.8. The van der Waals surface area contributed by atoms with Gasteiger partial charge in [-0.1, -0.05) is 23.7 Å². The molecule has 0 atom stereocenters. The van der Waals surface area contributed by atoms with Gasteiger partial charge in [-0.2, -0.15) is 0 Å².